The number of anilines is 3. The van der Waals surface area contributed by atoms with Crippen LogP contribution >= 0.6 is 11.6 Å². The first-order valence-electron chi connectivity index (χ1n) is 8.16. The molecule has 0 unspecified atom stereocenters. The maximum absolute atomic E-state index is 12.3. The Morgan fingerprint density at radius 2 is 1.62 bits per heavy atom. The maximum Gasteiger partial charge on any atom is 0.275 e. The normalized spacial score (nSPS) is 10.5. The van der Waals surface area contributed by atoms with Crippen LogP contribution in [-0.2, 0) is 0 Å². The van der Waals surface area contributed by atoms with E-state index < -0.39 is 0 Å². The molecule has 1 heterocycles. The molecule has 3 aromatic rings. The summed E-state index contributed by atoms with van der Waals surface area (Å²) in [6, 6.07) is 11.4. The molecule has 1 amide bonds. The number of aromatic nitrogens is 2. The van der Waals surface area contributed by atoms with Crippen LogP contribution in [0.25, 0.3) is 0 Å². The lowest BCUT2D eigenvalue weighted by molar-refractivity contribution is 0.102. The zero-order valence-electron chi connectivity index (χ0n) is 14.8. The first-order valence-corrected chi connectivity index (χ1v) is 8.54. The van der Waals surface area contributed by atoms with E-state index in [9.17, 15) is 4.79 Å². The van der Waals surface area contributed by atoms with Crippen LogP contribution in [0.2, 0.25) is 5.02 Å². The van der Waals surface area contributed by atoms with Crippen molar-refractivity contribution in [1.82, 2.24) is 9.97 Å². The average Bonchev–Trinajstić information content (AvgIpc) is 2.62. The Morgan fingerprint density at radius 1 is 0.885 bits per heavy atom. The van der Waals surface area contributed by atoms with Crippen LogP contribution in [0.15, 0.2) is 48.8 Å². The van der Waals surface area contributed by atoms with Gasteiger partial charge in [0, 0.05) is 16.4 Å². The molecule has 0 spiro atoms. The second kappa shape index (κ2) is 7.54. The van der Waals surface area contributed by atoms with E-state index in [1.54, 1.807) is 0 Å². The number of nitrogens with zero attached hydrogens (tertiary/aromatic N) is 2. The number of rotatable bonds is 4. The molecule has 1 aromatic heterocycles. The molecule has 5 nitrogen and oxygen atoms in total. The fourth-order valence-corrected chi connectivity index (χ4v) is 2.52. The topological polar surface area (TPSA) is 66.9 Å². The highest BCUT2D eigenvalue weighted by Crippen LogP contribution is 2.22. The van der Waals surface area contributed by atoms with Crippen molar-refractivity contribution in [3.05, 3.63) is 76.2 Å². The van der Waals surface area contributed by atoms with E-state index in [1.165, 1.54) is 18.0 Å². The van der Waals surface area contributed by atoms with E-state index in [0.29, 0.717) is 10.8 Å². The van der Waals surface area contributed by atoms with Gasteiger partial charge in [0.15, 0.2) is 0 Å². The van der Waals surface area contributed by atoms with Crippen LogP contribution in [0.3, 0.4) is 0 Å². The number of hydrogen-bond donors (Lipinski definition) is 2. The molecule has 0 saturated carbocycles. The first kappa shape index (κ1) is 17.9. The molecule has 0 saturated heterocycles. The van der Waals surface area contributed by atoms with Crippen LogP contribution in [0, 0.1) is 20.8 Å². The Balaban J connectivity index is 1.69. The summed E-state index contributed by atoms with van der Waals surface area (Å²) < 4.78 is 0. The predicted octanol–water partition coefficient (Wildman–Crippen LogP) is 5.05. The molecule has 0 aliphatic rings. The summed E-state index contributed by atoms with van der Waals surface area (Å²) in [6.07, 6.45) is 2.96. The van der Waals surface area contributed by atoms with Gasteiger partial charge in [0.05, 0.1) is 12.4 Å². The number of nitrogens with one attached hydrogen (secondary N) is 2. The third-order valence-electron chi connectivity index (χ3n) is 4.09. The number of hydrogen-bond acceptors (Lipinski definition) is 4. The molecule has 3 rings (SSSR count). The molecule has 0 radical (unpaired) electrons. The summed E-state index contributed by atoms with van der Waals surface area (Å²) in [7, 11) is 0. The van der Waals surface area contributed by atoms with Gasteiger partial charge in [-0.25, -0.2) is 9.97 Å². The Labute approximate surface area is 157 Å². The Bertz CT molecular complexity index is 955. The summed E-state index contributed by atoms with van der Waals surface area (Å²) in [4.78, 5) is 20.7. The van der Waals surface area contributed by atoms with Crippen LogP contribution < -0.4 is 10.6 Å². The lowest BCUT2D eigenvalue weighted by Gasteiger charge is -2.09. The van der Waals surface area contributed by atoms with Gasteiger partial charge in [-0.1, -0.05) is 23.7 Å². The van der Waals surface area contributed by atoms with Crippen LogP contribution in [0.4, 0.5) is 17.2 Å². The molecule has 132 valence electrons. The van der Waals surface area contributed by atoms with Gasteiger partial charge in [0.1, 0.15) is 11.5 Å². The highest BCUT2D eigenvalue weighted by molar-refractivity contribution is 6.31. The van der Waals surface area contributed by atoms with Crippen molar-refractivity contribution in [1.29, 1.82) is 0 Å². The number of halogens is 1. The monoisotopic (exact) mass is 366 g/mol. The molecule has 2 N–H and O–H groups in total. The lowest BCUT2D eigenvalue weighted by Crippen LogP contribution is -2.14. The van der Waals surface area contributed by atoms with Gasteiger partial charge in [0.25, 0.3) is 5.91 Å². The molecule has 26 heavy (non-hydrogen) atoms. The largest absolute Gasteiger partial charge is 0.339 e. The standard InChI is InChI=1S/C20H19ClN4O/c1-12-4-6-15(8-14(12)3)25-20(26)18-10-23-19(11-22-18)24-16-7-5-13(2)17(21)9-16/h4-11H,1-3H3,(H,23,24)(H,25,26). The van der Waals surface area contributed by atoms with Crippen molar-refractivity contribution < 1.29 is 4.79 Å². The SMILES string of the molecule is Cc1ccc(NC(=O)c2cnc(Nc3ccc(C)c(Cl)c3)cn2)cc1C. The molecule has 2 aromatic carbocycles. The van der Waals surface area contributed by atoms with E-state index in [4.69, 9.17) is 11.6 Å². The molecule has 0 bridgehead atoms. The van der Waals surface area contributed by atoms with Gasteiger partial charge in [0.2, 0.25) is 0 Å². The molecule has 0 fully saturated rings. The van der Waals surface area contributed by atoms with Crippen molar-refractivity contribution in [3.8, 4) is 0 Å². The number of aryl methyl sites for hydroxylation is 3. The van der Waals surface area contributed by atoms with Crippen LogP contribution in [0.5, 0.6) is 0 Å². The summed E-state index contributed by atoms with van der Waals surface area (Å²) in [6.45, 7) is 5.97. The molecular formula is C20H19ClN4O. The summed E-state index contributed by atoms with van der Waals surface area (Å²) >= 11 is 6.12. The Kier molecular flexibility index (Phi) is 5.19. The minimum absolute atomic E-state index is 0.246. The summed E-state index contributed by atoms with van der Waals surface area (Å²) in [5.74, 6) is 0.235. The van der Waals surface area contributed by atoms with Crippen molar-refractivity contribution in [2.45, 2.75) is 20.8 Å². The smallest absolute Gasteiger partial charge is 0.275 e. The van der Waals surface area contributed by atoms with E-state index in [1.807, 2.05) is 57.2 Å². The number of benzene rings is 2. The number of amides is 1. The third kappa shape index (κ3) is 4.18. The quantitative estimate of drug-likeness (QED) is 0.678. The van der Waals surface area contributed by atoms with E-state index in [-0.39, 0.29) is 11.6 Å². The maximum atomic E-state index is 12.3. The van der Waals surface area contributed by atoms with Crippen molar-refractivity contribution in [2.75, 3.05) is 10.6 Å². The van der Waals surface area contributed by atoms with E-state index in [0.717, 1.165) is 22.5 Å². The lowest BCUT2D eigenvalue weighted by atomic mass is 10.1. The van der Waals surface area contributed by atoms with Gasteiger partial charge < -0.3 is 10.6 Å². The van der Waals surface area contributed by atoms with Crippen molar-refractivity contribution >= 4 is 34.7 Å². The molecule has 0 atom stereocenters. The highest BCUT2D eigenvalue weighted by atomic mass is 35.5. The Hall–Kier alpha value is -2.92. The predicted molar refractivity (Wildman–Crippen MR) is 105 cm³/mol. The minimum atomic E-state index is -0.300. The van der Waals surface area contributed by atoms with Crippen LogP contribution in [-0.4, -0.2) is 15.9 Å². The fraction of sp³-hybridized carbons (Fsp3) is 0.150. The fourth-order valence-electron chi connectivity index (χ4n) is 2.34. The first-order chi connectivity index (χ1) is 12.4. The second-order valence-corrected chi connectivity index (χ2v) is 6.54. The molecule has 6 heteroatoms. The van der Waals surface area contributed by atoms with E-state index >= 15 is 0 Å². The Morgan fingerprint density at radius 3 is 2.27 bits per heavy atom. The number of carbonyl (C=O) groups excluding carboxylic acids is 1. The van der Waals surface area contributed by atoms with Crippen molar-refractivity contribution in [2.24, 2.45) is 0 Å². The van der Waals surface area contributed by atoms with Gasteiger partial charge in [-0.05, 0) is 61.7 Å². The summed E-state index contributed by atoms with van der Waals surface area (Å²) in [5, 5.41) is 6.62. The zero-order chi connectivity index (χ0) is 18.7. The van der Waals surface area contributed by atoms with Gasteiger partial charge in [-0.15, -0.1) is 0 Å². The molecule has 0 aliphatic heterocycles. The van der Waals surface area contributed by atoms with Gasteiger partial charge >= 0.3 is 0 Å². The highest BCUT2D eigenvalue weighted by Gasteiger charge is 2.09. The average molecular weight is 367 g/mol. The second-order valence-electron chi connectivity index (χ2n) is 6.13. The van der Waals surface area contributed by atoms with E-state index in [2.05, 4.69) is 20.6 Å². The van der Waals surface area contributed by atoms with Gasteiger partial charge in [-0.3, -0.25) is 4.79 Å². The number of carbonyl (C=O) groups is 1. The summed E-state index contributed by atoms with van der Waals surface area (Å²) in [5.41, 5.74) is 5.08. The zero-order valence-corrected chi connectivity index (χ0v) is 15.6. The van der Waals surface area contributed by atoms with Gasteiger partial charge in [-0.2, -0.15) is 0 Å². The molecular weight excluding hydrogens is 348 g/mol. The third-order valence-corrected chi connectivity index (χ3v) is 4.50. The minimum Gasteiger partial charge on any atom is -0.339 e. The van der Waals surface area contributed by atoms with Crippen molar-refractivity contribution in [3.63, 3.8) is 0 Å². The van der Waals surface area contributed by atoms with Crippen LogP contribution in [0.1, 0.15) is 27.2 Å². The molecule has 0 aliphatic carbocycles.